The van der Waals surface area contributed by atoms with Crippen molar-refractivity contribution in [2.24, 2.45) is 11.8 Å². The average Bonchev–Trinajstić information content (AvgIpc) is 3.03. The molecule has 0 saturated carbocycles. The Morgan fingerprint density at radius 3 is 2.20 bits per heavy atom. The minimum absolute atomic E-state index is 0.00821. The number of carbonyl (C=O) groups is 4. The van der Waals surface area contributed by atoms with E-state index in [0.29, 0.717) is 44.9 Å². The zero-order valence-electron chi connectivity index (χ0n) is 22.5. The van der Waals surface area contributed by atoms with Crippen LogP contribution in [0.15, 0.2) is 0 Å². The highest BCUT2D eigenvalue weighted by molar-refractivity contribution is 7.99. The van der Waals surface area contributed by atoms with Gasteiger partial charge < -0.3 is 20.1 Å². The minimum Gasteiger partial charge on any atom is -0.375 e. The number of thioether (sulfide) groups is 1. The Kier molecular flexibility index (Phi) is 13.3. The van der Waals surface area contributed by atoms with Crippen LogP contribution in [0.3, 0.4) is 0 Å². The lowest BCUT2D eigenvalue weighted by Crippen LogP contribution is -2.38. The second-order valence-electron chi connectivity index (χ2n) is 10.5. The second kappa shape index (κ2) is 14.8. The molecule has 1 saturated heterocycles. The number of ether oxygens (including phenoxy) is 2. The van der Waals surface area contributed by atoms with Gasteiger partial charge in [-0.3, -0.25) is 24.1 Å². The number of nitrogens with zero attached hydrogens (tertiary/aromatic N) is 1. The maximum absolute atomic E-state index is 12.3. The van der Waals surface area contributed by atoms with Gasteiger partial charge in [0, 0.05) is 38.4 Å². The third-order valence-electron chi connectivity index (χ3n) is 6.08. The van der Waals surface area contributed by atoms with Crippen molar-refractivity contribution in [1.29, 1.82) is 0 Å². The summed E-state index contributed by atoms with van der Waals surface area (Å²) >= 11 is 1.48. The standard InChI is InChI=1S/C25H45N3O6S/c1-18(2)19-16-22(31)28(23(19)32)13-8-20(29)26-11-9-24(3,4)33-14-10-25(5,6)34-15-12-27-21(30)17-35-7/h18-19H,8-17H2,1-7H3,(H,26,29)(H,27,30). The summed E-state index contributed by atoms with van der Waals surface area (Å²) in [5.41, 5.74) is -0.811. The van der Waals surface area contributed by atoms with Gasteiger partial charge in [-0.05, 0) is 52.7 Å². The van der Waals surface area contributed by atoms with E-state index in [-0.39, 0.29) is 60.5 Å². The molecule has 4 amide bonds. The molecular formula is C25H45N3O6S. The van der Waals surface area contributed by atoms with E-state index in [4.69, 9.17) is 9.47 Å². The van der Waals surface area contributed by atoms with Crippen molar-refractivity contribution in [2.75, 3.05) is 44.9 Å². The summed E-state index contributed by atoms with van der Waals surface area (Å²) in [6.45, 7) is 13.8. The van der Waals surface area contributed by atoms with Crippen molar-refractivity contribution in [3.63, 3.8) is 0 Å². The highest BCUT2D eigenvalue weighted by Crippen LogP contribution is 2.26. The minimum atomic E-state index is -0.430. The fourth-order valence-electron chi connectivity index (χ4n) is 3.69. The topological polar surface area (TPSA) is 114 Å². The molecule has 0 spiro atoms. The molecular weight excluding hydrogens is 470 g/mol. The van der Waals surface area contributed by atoms with E-state index < -0.39 is 5.60 Å². The molecule has 2 N–H and O–H groups in total. The van der Waals surface area contributed by atoms with Gasteiger partial charge in [-0.1, -0.05) is 13.8 Å². The summed E-state index contributed by atoms with van der Waals surface area (Å²) < 4.78 is 11.9. The molecule has 1 aliphatic rings. The number of rotatable bonds is 17. The molecule has 35 heavy (non-hydrogen) atoms. The van der Waals surface area contributed by atoms with Gasteiger partial charge in [-0.2, -0.15) is 11.8 Å². The van der Waals surface area contributed by atoms with Crippen LogP contribution in [0.5, 0.6) is 0 Å². The summed E-state index contributed by atoms with van der Waals surface area (Å²) in [5, 5.41) is 5.67. The highest BCUT2D eigenvalue weighted by Gasteiger charge is 2.39. The Bertz CT molecular complexity index is 726. The van der Waals surface area contributed by atoms with Gasteiger partial charge in [0.15, 0.2) is 0 Å². The van der Waals surface area contributed by atoms with Gasteiger partial charge in [-0.25, -0.2) is 0 Å². The Hall–Kier alpha value is -1.65. The van der Waals surface area contributed by atoms with Gasteiger partial charge in [0.05, 0.1) is 30.2 Å². The summed E-state index contributed by atoms with van der Waals surface area (Å²) in [4.78, 5) is 49.3. The van der Waals surface area contributed by atoms with Crippen molar-refractivity contribution < 1.29 is 28.7 Å². The fourth-order valence-corrected chi connectivity index (χ4v) is 4.05. The van der Waals surface area contributed by atoms with Crippen LogP contribution >= 0.6 is 11.8 Å². The number of likely N-dealkylation sites (tertiary alicyclic amines) is 1. The van der Waals surface area contributed by atoms with Crippen molar-refractivity contribution in [1.82, 2.24) is 15.5 Å². The Morgan fingerprint density at radius 1 is 1.00 bits per heavy atom. The molecule has 1 aliphatic heterocycles. The van der Waals surface area contributed by atoms with Crippen LogP contribution in [0.1, 0.15) is 67.2 Å². The highest BCUT2D eigenvalue weighted by atomic mass is 32.2. The second-order valence-corrected chi connectivity index (χ2v) is 11.4. The largest absolute Gasteiger partial charge is 0.375 e. The van der Waals surface area contributed by atoms with Gasteiger partial charge in [0.25, 0.3) is 0 Å². The normalized spacial score (nSPS) is 16.8. The number of carbonyl (C=O) groups excluding carboxylic acids is 4. The molecule has 202 valence electrons. The fraction of sp³-hybridized carbons (Fsp3) is 0.840. The monoisotopic (exact) mass is 515 g/mol. The van der Waals surface area contributed by atoms with Crippen molar-refractivity contribution >= 4 is 35.4 Å². The first-order valence-corrected chi connectivity index (χ1v) is 13.8. The first kappa shape index (κ1) is 31.4. The smallest absolute Gasteiger partial charge is 0.233 e. The summed E-state index contributed by atoms with van der Waals surface area (Å²) in [6, 6.07) is 0. The maximum atomic E-state index is 12.3. The van der Waals surface area contributed by atoms with Crippen LogP contribution in [0.25, 0.3) is 0 Å². The molecule has 0 bridgehead atoms. The van der Waals surface area contributed by atoms with Crippen molar-refractivity contribution in [3.8, 4) is 0 Å². The van der Waals surface area contributed by atoms with E-state index in [1.807, 2.05) is 47.8 Å². The molecule has 1 fully saturated rings. The Morgan fingerprint density at radius 2 is 1.60 bits per heavy atom. The third kappa shape index (κ3) is 12.2. The third-order valence-corrected chi connectivity index (χ3v) is 6.64. The number of hydrogen-bond acceptors (Lipinski definition) is 7. The van der Waals surface area contributed by atoms with Crippen LogP contribution in [0.2, 0.25) is 0 Å². The lowest BCUT2D eigenvalue weighted by Gasteiger charge is -2.30. The quantitative estimate of drug-likeness (QED) is 0.226. The van der Waals surface area contributed by atoms with Crippen LogP contribution in [0.4, 0.5) is 0 Å². The molecule has 1 rings (SSSR count). The summed E-state index contributed by atoms with van der Waals surface area (Å²) in [6.07, 6.45) is 3.54. The number of nitrogens with one attached hydrogen (secondary N) is 2. The predicted molar refractivity (Wildman–Crippen MR) is 138 cm³/mol. The van der Waals surface area contributed by atoms with Gasteiger partial charge >= 0.3 is 0 Å². The number of imide groups is 1. The summed E-state index contributed by atoms with van der Waals surface area (Å²) in [7, 11) is 0. The molecule has 0 aliphatic carbocycles. The van der Waals surface area contributed by atoms with E-state index in [2.05, 4.69) is 10.6 Å². The van der Waals surface area contributed by atoms with Crippen LogP contribution in [-0.2, 0) is 28.7 Å². The maximum Gasteiger partial charge on any atom is 0.233 e. The molecule has 1 unspecified atom stereocenters. The molecule has 0 aromatic carbocycles. The van der Waals surface area contributed by atoms with E-state index in [1.54, 1.807) is 0 Å². The zero-order chi connectivity index (χ0) is 26.6. The molecule has 0 aromatic rings. The molecule has 0 radical (unpaired) electrons. The van der Waals surface area contributed by atoms with E-state index >= 15 is 0 Å². The average molecular weight is 516 g/mol. The van der Waals surface area contributed by atoms with Crippen LogP contribution < -0.4 is 10.6 Å². The lowest BCUT2D eigenvalue weighted by molar-refractivity contribution is -0.140. The SMILES string of the molecule is CSCC(=O)NCCOC(C)(C)CCOC(C)(C)CCNC(=O)CCN1C(=O)CC(C(C)C)C1=O. The molecule has 1 heterocycles. The first-order chi connectivity index (χ1) is 16.3. The zero-order valence-corrected chi connectivity index (χ0v) is 23.3. The van der Waals surface area contributed by atoms with Crippen LogP contribution in [0, 0.1) is 11.8 Å². The predicted octanol–water partition coefficient (Wildman–Crippen LogP) is 2.37. The van der Waals surface area contributed by atoms with Crippen molar-refractivity contribution in [3.05, 3.63) is 0 Å². The van der Waals surface area contributed by atoms with Gasteiger partial charge in [0.2, 0.25) is 23.6 Å². The molecule has 1 atom stereocenters. The summed E-state index contributed by atoms with van der Waals surface area (Å²) in [5.74, 6) is -0.249. The van der Waals surface area contributed by atoms with Gasteiger partial charge in [0.1, 0.15) is 0 Å². The molecule has 10 heteroatoms. The Labute approximate surface area is 214 Å². The lowest BCUT2D eigenvalue weighted by atomic mass is 9.94. The number of amides is 4. The van der Waals surface area contributed by atoms with Crippen molar-refractivity contribution in [2.45, 2.75) is 78.4 Å². The van der Waals surface area contributed by atoms with Crippen LogP contribution in [-0.4, -0.2) is 84.6 Å². The number of hydrogen-bond donors (Lipinski definition) is 2. The first-order valence-electron chi connectivity index (χ1n) is 12.4. The Balaban J connectivity index is 2.24. The van der Waals surface area contributed by atoms with E-state index in [9.17, 15) is 19.2 Å². The molecule has 0 aromatic heterocycles. The van der Waals surface area contributed by atoms with Gasteiger partial charge in [-0.15, -0.1) is 0 Å². The molecule has 9 nitrogen and oxygen atoms in total. The van der Waals surface area contributed by atoms with E-state index in [1.165, 1.54) is 16.7 Å². The van der Waals surface area contributed by atoms with E-state index in [0.717, 1.165) is 0 Å².